The predicted octanol–water partition coefficient (Wildman–Crippen LogP) is 1.95. The fraction of sp³-hybridized carbons (Fsp3) is 0.167. The molecule has 0 atom stereocenters. The molecule has 6 nitrogen and oxygen atoms in total. The van der Waals surface area contributed by atoms with Gasteiger partial charge >= 0.3 is 0 Å². The van der Waals surface area contributed by atoms with E-state index in [1.165, 1.54) is 10.6 Å². The van der Waals surface area contributed by atoms with Crippen LogP contribution in [-0.2, 0) is 6.54 Å². The van der Waals surface area contributed by atoms with Crippen LogP contribution >= 0.6 is 0 Å². The van der Waals surface area contributed by atoms with Crippen LogP contribution in [-0.4, -0.2) is 20.4 Å². The lowest BCUT2D eigenvalue weighted by Crippen LogP contribution is -2.31. The fourth-order valence-electron chi connectivity index (χ4n) is 2.40. The molecule has 24 heavy (non-hydrogen) atoms. The number of nitrogens with zero attached hydrogens (tertiary/aromatic N) is 2. The van der Waals surface area contributed by atoms with Crippen molar-refractivity contribution in [1.29, 1.82) is 0 Å². The molecular weight excluding hydrogens is 306 g/mol. The Morgan fingerprint density at radius 3 is 2.58 bits per heavy atom. The van der Waals surface area contributed by atoms with Gasteiger partial charge in [0.25, 0.3) is 11.5 Å². The lowest BCUT2D eigenvalue weighted by molar-refractivity contribution is 0.0945. The average molecular weight is 323 g/mol. The van der Waals surface area contributed by atoms with Crippen LogP contribution in [0.5, 0.6) is 5.88 Å². The number of benzene rings is 1. The Labute approximate surface area is 138 Å². The number of nitrogens with one attached hydrogen (secondary N) is 1. The molecule has 2 N–H and O–H groups in total. The Hall–Kier alpha value is -3.15. The molecule has 0 spiro atoms. The van der Waals surface area contributed by atoms with Crippen LogP contribution in [0.4, 0.5) is 0 Å². The van der Waals surface area contributed by atoms with Crippen LogP contribution in [0.2, 0.25) is 0 Å². The van der Waals surface area contributed by atoms with E-state index in [1.54, 1.807) is 12.1 Å². The number of hydrogen-bond donors (Lipinski definition) is 2. The molecule has 0 bridgehead atoms. The molecule has 0 fully saturated rings. The summed E-state index contributed by atoms with van der Waals surface area (Å²) in [5.74, 6) is -1.22. The first-order valence-corrected chi connectivity index (χ1v) is 7.51. The molecule has 0 saturated carbocycles. The minimum absolute atomic E-state index is 0.259. The van der Waals surface area contributed by atoms with Gasteiger partial charge in [0.1, 0.15) is 5.65 Å². The molecular formula is C18H17N3O3. The van der Waals surface area contributed by atoms with Crippen LogP contribution in [0.3, 0.4) is 0 Å². The van der Waals surface area contributed by atoms with Gasteiger partial charge in [-0.25, -0.2) is 0 Å². The highest BCUT2D eigenvalue weighted by atomic mass is 16.3. The molecule has 1 amide bonds. The van der Waals surface area contributed by atoms with Crippen LogP contribution in [0.15, 0.2) is 47.4 Å². The summed E-state index contributed by atoms with van der Waals surface area (Å²) in [6, 6.07) is 11.1. The largest absolute Gasteiger partial charge is 0.493 e. The van der Waals surface area contributed by atoms with Gasteiger partial charge in [-0.15, -0.1) is 0 Å². The normalized spacial score (nSPS) is 10.8. The molecule has 0 saturated heterocycles. The van der Waals surface area contributed by atoms with E-state index < -0.39 is 17.3 Å². The van der Waals surface area contributed by atoms with E-state index in [9.17, 15) is 14.7 Å². The summed E-state index contributed by atoms with van der Waals surface area (Å²) in [5, 5.41) is 12.6. The van der Waals surface area contributed by atoms with Crippen molar-refractivity contribution < 1.29 is 9.90 Å². The lowest BCUT2D eigenvalue weighted by atomic mass is 10.1. The zero-order chi connectivity index (χ0) is 17.3. The van der Waals surface area contributed by atoms with Gasteiger partial charge in [-0.05, 0) is 37.1 Å². The molecule has 0 aliphatic heterocycles. The zero-order valence-electron chi connectivity index (χ0n) is 13.4. The smallest absolute Gasteiger partial charge is 0.274 e. The molecule has 3 aromatic rings. The van der Waals surface area contributed by atoms with Crippen molar-refractivity contribution in [2.24, 2.45) is 0 Å². The first kappa shape index (κ1) is 15.7. The lowest BCUT2D eigenvalue weighted by Gasteiger charge is -2.08. The molecule has 2 heterocycles. The minimum atomic E-state index is -0.652. The standard InChI is InChI=1S/C18H17N3O3/c1-11-3-5-13(6-4-11)10-19-16(22)15-17(23)20-14-9-12(2)7-8-21(14)18(15)24/h3-9,23H,10H2,1-2H3,(H,19,22). The highest BCUT2D eigenvalue weighted by molar-refractivity contribution is 5.96. The van der Waals surface area contributed by atoms with Gasteiger partial charge in [-0.2, -0.15) is 4.98 Å². The summed E-state index contributed by atoms with van der Waals surface area (Å²) in [6.45, 7) is 4.09. The predicted molar refractivity (Wildman–Crippen MR) is 90.2 cm³/mol. The maximum absolute atomic E-state index is 12.5. The summed E-state index contributed by atoms with van der Waals surface area (Å²) in [6.07, 6.45) is 1.54. The second kappa shape index (κ2) is 6.16. The van der Waals surface area contributed by atoms with Gasteiger partial charge in [0.05, 0.1) is 0 Å². The van der Waals surface area contributed by atoms with Crippen molar-refractivity contribution in [3.8, 4) is 5.88 Å². The molecule has 6 heteroatoms. The first-order valence-electron chi connectivity index (χ1n) is 7.51. The minimum Gasteiger partial charge on any atom is -0.493 e. The van der Waals surface area contributed by atoms with Gasteiger partial charge in [0.2, 0.25) is 5.88 Å². The fourth-order valence-corrected chi connectivity index (χ4v) is 2.40. The number of rotatable bonds is 3. The average Bonchev–Trinajstić information content (AvgIpc) is 2.54. The third-order valence-corrected chi connectivity index (χ3v) is 3.77. The molecule has 0 aliphatic rings. The molecule has 3 rings (SSSR count). The molecule has 0 radical (unpaired) electrons. The molecule has 0 aliphatic carbocycles. The number of amides is 1. The van der Waals surface area contributed by atoms with E-state index in [0.29, 0.717) is 5.65 Å². The number of fused-ring (bicyclic) bond motifs is 1. The maximum atomic E-state index is 12.5. The number of pyridine rings is 1. The summed E-state index contributed by atoms with van der Waals surface area (Å²) < 4.78 is 1.24. The third kappa shape index (κ3) is 2.99. The third-order valence-electron chi connectivity index (χ3n) is 3.77. The van der Waals surface area contributed by atoms with Gasteiger partial charge in [0, 0.05) is 12.7 Å². The second-order valence-corrected chi connectivity index (χ2v) is 5.72. The van der Waals surface area contributed by atoms with Gasteiger partial charge in [0.15, 0.2) is 5.56 Å². The highest BCUT2D eigenvalue weighted by Gasteiger charge is 2.19. The Balaban J connectivity index is 1.90. The van der Waals surface area contributed by atoms with E-state index >= 15 is 0 Å². The van der Waals surface area contributed by atoms with E-state index in [4.69, 9.17) is 0 Å². The number of aromatic hydroxyl groups is 1. The molecule has 2 aromatic heterocycles. The highest BCUT2D eigenvalue weighted by Crippen LogP contribution is 2.12. The van der Waals surface area contributed by atoms with Crippen LogP contribution < -0.4 is 10.9 Å². The van der Waals surface area contributed by atoms with Crippen molar-refractivity contribution in [2.75, 3.05) is 0 Å². The van der Waals surface area contributed by atoms with E-state index in [2.05, 4.69) is 10.3 Å². The second-order valence-electron chi connectivity index (χ2n) is 5.72. The number of aryl methyl sites for hydroxylation is 2. The number of carbonyl (C=O) groups excluding carboxylic acids is 1. The molecule has 122 valence electrons. The van der Waals surface area contributed by atoms with Crippen molar-refractivity contribution in [3.05, 3.63) is 75.2 Å². The summed E-state index contributed by atoms with van der Waals surface area (Å²) >= 11 is 0. The van der Waals surface area contributed by atoms with Crippen LogP contribution in [0.1, 0.15) is 27.0 Å². The zero-order valence-corrected chi connectivity index (χ0v) is 13.4. The topological polar surface area (TPSA) is 83.7 Å². The summed E-state index contributed by atoms with van der Waals surface area (Å²) in [7, 11) is 0. The van der Waals surface area contributed by atoms with E-state index in [1.807, 2.05) is 38.1 Å². The maximum Gasteiger partial charge on any atom is 0.274 e. The van der Waals surface area contributed by atoms with Crippen molar-refractivity contribution in [3.63, 3.8) is 0 Å². The van der Waals surface area contributed by atoms with E-state index in [0.717, 1.165) is 16.7 Å². The van der Waals surface area contributed by atoms with Crippen molar-refractivity contribution in [1.82, 2.24) is 14.7 Å². The van der Waals surface area contributed by atoms with Gasteiger partial charge in [-0.1, -0.05) is 29.8 Å². The first-order chi connectivity index (χ1) is 11.5. The Kier molecular flexibility index (Phi) is 4.04. The van der Waals surface area contributed by atoms with Crippen molar-refractivity contribution >= 4 is 11.6 Å². The molecule has 0 unspecified atom stereocenters. The van der Waals surface area contributed by atoms with E-state index in [-0.39, 0.29) is 12.1 Å². The summed E-state index contributed by atoms with van der Waals surface area (Å²) in [5.41, 5.74) is 2.26. The molecule has 1 aromatic carbocycles. The Bertz CT molecular complexity index is 975. The number of aromatic nitrogens is 2. The Morgan fingerprint density at radius 1 is 1.17 bits per heavy atom. The summed E-state index contributed by atoms with van der Waals surface area (Å²) in [4.78, 5) is 28.7. The monoisotopic (exact) mass is 323 g/mol. The van der Waals surface area contributed by atoms with Crippen LogP contribution in [0.25, 0.3) is 5.65 Å². The van der Waals surface area contributed by atoms with Gasteiger partial charge < -0.3 is 10.4 Å². The number of carbonyl (C=O) groups is 1. The van der Waals surface area contributed by atoms with Gasteiger partial charge in [-0.3, -0.25) is 14.0 Å². The Morgan fingerprint density at radius 2 is 1.88 bits per heavy atom. The van der Waals surface area contributed by atoms with Crippen LogP contribution in [0, 0.1) is 13.8 Å². The number of hydrogen-bond acceptors (Lipinski definition) is 4. The SMILES string of the molecule is Cc1ccc(CNC(=O)c2c(O)nc3cc(C)ccn3c2=O)cc1. The quantitative estimate of drug-likeness (QED) is 0.771. The van der Waals surface area contributed by atoms with Crippen molar-refractivity contribution in [2.45, 2.75) is 20.4 Å².